The first kappa shape index (κ1) is 66.1. The molecule has 0 bridgehead atoms. The Kier molecular flexibility index (Phi) is 26.4. The molecule has 1 amide bonds. The highest BCUT2D eigenvalue weighted by atomic mass is 35.5. The van der Waals surface area contributed by atoms with Gasteiger partial charge in [-0.05, 0) is 30.5 Å². The number of carbonyl (C=O) groups is 2. The Bertz CT molecular complexity index is 2810. The van der Waals surface area contributed by atoms with Gasteiger partial charge >= 0.3 is 13.6 Å². The number of hydrazone groups is 1. The van der Waals surface area contributed by atoms with Crippen LogP contribution in [-0.2, 0) is 63.3 Å². The highest BCUT2D eigenvalue weighted by Crippen LogP contribution is 2.44. The van der Waals surface area contributed by atoms with E-state index in [0.29, 0.717) is 153 Å². The number of hydrogen-bond acceptors (Lipinski definition) is 24. The Morgan fingerprint density at radius 2 is 1.45 bits per heavy atom. The van der Waals surface area contributed by atoms with Crippen LogP contribution in [0.1, 0.15) is 36.0 Å². The lowest BCUT2D eigenvalue weighted by Crippen LogP contribution is -2.64. The second-order valence-electron chi connectivity index (χ2n) is 19.4. The van der Waals surface area contributed by atoms with Crippen LogP contribution in [0.3, 0.4) is 0 Å². The Balaban J connectivity index is 0.651. The molecule has 6 heterocycles. The number of aliphatic hydroxyl groups is 2. The number of amides is 1. The highest BCUT2D eigenvalue weighted by molar-refractivity contribution is 7.51. The van der Waals surface area contributed by atoms with Crippen LogP contribution in [0.25, 0.3) is 11.0 Å². The molecule has 0 radical (unpaired) electrons. The van der Waals surface area contributed by atoms with Gasteiger partial charge in [0.2, 0.25) is 11.0 Å². The smallest absolute Gasteiger partial charge is 0.350 e. The number of ether oxygens (including phenoxy) is 11. The zero-order valence-electron chi connectivity index (χ0n) is 45.9. The molecule has 0 unspecified atom stereocenters. The van der Waals surface area contributed by atoms with Gasteiger partial charge in [-0.1, -0.05) is 0 Å². The van der Waals surface area contributed by atoms with E-state index in [9.17, 15) is 37.5 Å². The Morgan fingerprint density at radius 3 is 2.10 bits per heavy atom. The molecule has 3 aliphatic rings. The first-order valence-corrected chi connectivity index (χ1v) is 29.1. The minimum absolute atomic E-state index is 0.0652. The molecule has 1 aromatic carbocycles. The van der Waals surface area contributed by atoms with Crippen LogP contribution in [0.5, 0.6) is 5.75 Å². The number of nitrogens with two attached hydrogens (primary N) is 1. The lowest BCUT2D eigenvalue weighted by Gasteiger charge is -2.55. The number of hydrogen-bond donors (Lipinski definition) is 5. The van der Waals surface area contributed by atoms with Crippen LogP contribution >= 0.6 is 19.2 Å². The van der Waals surface area contributed by atoms with E-state index in [1.165, 1.54) is 17.1 Å². The van der Waals surface area contributed by atoms with Crippen molar-refractivity contribution in [2.24, 2.45) is 21.4 Å². The summed E-state index contributed by atoms with van der Waals surface area (Å²) in [4.78, 5) is 60.5. The fourth-order valence-electron chi connectivity index (χ4n) is 9.08. The summed E-state index contributed by atoms with van der Waals surface area (Å²) < 4.78 is 114. The summed E-state index contributed by atoms with van der Waals surface area (Å²) in [5.41, 5.74) is 0.825. The maximum absolute atomic E-state index is 13.7. The number of fused-ring (bicyclic) bond motifs is 1. The van der Waals surface area contributed by atoms with Crippen LogP contribution in [0.2, 0.25) is 5.28 Å². The van der Waals surface area contributed by atoms with Gasteiger partial charge in [0.15, 0.2) is 23.5 Å². The van der Waals surface area contributed by atoms with E-state index in [1.807, 2.05) is 9.80 Å². The predicted octanol–water partition coefficient (Wildman–Crippen LogP) is 1.12. The molecule has 466 valence electrons. The van der Waals surface area contributed by atoms with Crippen LogP contribution in [-0.4, -0.2) is 248 Å². The van der Waals surface area contributed by atoms with Gasteiger partial charge in [0.1, 0.15) is 47.7 Å². The third-order valence-electron chi connectivity index (χ3n) is 13.0. The van der Waals surface area contributed by atoms with Crippen molar-refractivity contribution >= 4 is 59.9 Å². The molecule has 3 fully saturated rings. The average molecular weight is 1240 g/mol. The van der Waals surface area contributed by atoms with Crippen molar-refractivity contribution in [3.8, 4) is 5.75 Å². The second-order valence-corrected chi connectivity index (χ2v) is 21.3. The number of carbonyl (C=O) groups excluding carboxylic acids is 2. The maximum atomic E-state index is 13.7. The first-order valence-electron chi connectivity index (χ1n) is 26.9. The number of rotatable bonds is 38. The number of likely N-dealkylation sites (tertiary alicyclic amines) is 1. The van der Waals surface area contributed by atoms with E-state index >= 15 is 0 Å². The van der Waals surface area contributed by atoms with Gasteiger partial charge in [0.05, 0.1) is 143 Å². The first-order chi connectivity index (χ1) is 40.5. The fourth-order valence-corrected chi connectivity index (χ4v) is 9.59. The molecule has 7 rings (SSSR count). The third-order valence-corrected chi connectivity index (χ3v) is 13.7. The second kappa shape index (κ2) is 33.5. The standard InChI is InChI=1S/C50H70ClF3N11O18P/c51-49-58-45(36-27-57-65(46(36)59-49)48-43(68)42(67)40(82-48)29-81-33-84(70,71)72)63-31-50(32-63)4-1-6-62(30-50)47(69)39-2-7-64(61-39)8-11-75-14-17-78-20-21-79-22-23-80-28-35(60-55)26-56-5-10-74-13-16-77-19-18-76-15-12-73-9-3-41(66)83-44-37(53)24-34(52)25-38(44)54/h2,7,24-27,40,42-43,48,67-68H,1,3-6,8-23,28-33,55H2,(H2,70,71,72)/b56-26?,60-35+/t40-,42-,43-,48-/m1/s1. The molecule has 29 nitrogen and oxygen atoms in total. The fraction of sp³-hybridized carbons (Fsp3) is 0.640. The number of aliphatic hydroxyl groups excluding tert-OH is 2. The molecule has 0 saturated carbocycles. The van der Waals surface area contributed by atoms with Crippen molar-refractivity contribution in [3.63, 3.8) is 0 Å². The van der Waals surface area contributed by atoms with Gasteiger partial charge in [-0.2, -0.15) is 25.3 Å². The van der Waals surface area contributed by atoms with E-state index in [-0.39, 0.29) is 61.7 Å². The number of aromatic nitrogens is 6. The number of esters is 1. The number of halogens is 4. The zero-order valence-corrected chi connectivity index (χ0v) is 47.5. The summed E-state index contributed by atoms with van der Waals surface area (Å²) in [6, 6.07) is 2.53. The summed E-state index contributed by atoms with van der Waals surface area (Å²) in [5, 5.41) is 34.4. The number of aliphatic imine (C=N–C) groups is 1. The zero-order chi connectivity index (χ0) is 59.9. The van der Waals surface area contributed by atoms with Gasteiger partial charge in [0.25, 0.3) is 5.91 Å². The molecule has 3 aromatic heterocycles. The van der Waals surface area contributed by atoms with Crippen LogP contribution in [0.15, 0.2) is 40.7 Å². The van der Waals surface area contributed by atoms with Crippen LogP contribution in [0, 0.1) is 22.9 Å². The van der Waals surface area contributed by atoms with E-state index in [1.54, 1.807) is 16.9 Å². The topological polar surface area (TPSA) is 352 Å². The minimum atomic E-state index is -4.46. The van der Waals surface area contributed by atoms with Gasteiger partial charge in [-0.3, -0.25) is 23.8 Å². The minimum Gasteiger partial charge on any atom is -0.420 e. The molecule has 1 spiro atoms. The normalized spacial score (nSPS) is 19.1. The largest absolute Gasteiger partial charge is 0.420 e. The molecule has 4 aromatic rings. The Hall–Kier alpha value is -5.39. The number of anilines is 1. The van der Waals surface area contributed by atoms with Crippen LogP contribution < -0.4 is 15.5 Å². The molecule has 6 N–H and O–H groups in total. The molecular formula is C50H70ClF3N11O18P. The molecule has 0 aliphatic carbocycles. The van der Waals surface area contributed by atoms with E-state index in [2.05, 4.69) is 35.0 Å². The lowest BCUT2D eigenvalue weighted by atomic mass is 9.73. The van der Waals surface area contributed by atoms with Crippen molar-refractivity contribution in [3.05, 3.63) is 59.0 Å². The molecule has 84 heavy (non-hydrogen) atoms. The summed E-state index contributed by atoms with van der Waals surface area (Å²) in [5.74, 6) is 0.145. The Labute approximate surface area is 485 Å². The summed E-state index contributed by atoms with van der Waals surface area (Å²) >= 11 is 6.40. The maximum Gasteiger partial charge on any atom is 0.350 e. The van der Waals surface area contributed by atoms with Crippen molar-refractivity contribution in [1.29, 1.82) is 0 Å². The quantitative estimate of drug-likeness (QED) is 0.00613. The van der Waals surface area contributed by atoms with Gasteiger partial charge < -0.3 is 87.7 Å². The monoisotopic (exact) mass is 1240 g/mol. The van der Waals surface area contributed by atoms with Crippen molar-refractivity contribution in [2.75, 3.05) is 156 Å². The SMILES string of the molecule is N/N=C(\C=NCCOCCOCCOCCOCCC(=O)Oc1c(F)cc(F)cc1F)COCCOCCOCCOCCn1ccc(C(=O)N2CCCC3(C2)CN(c2nc(Cl)nc4c2cnn4[C@@H]2O[C@H](COCP(=O)(O)O)[C@@H](O)[C@H]2O)C3)n1. The third kappa shape index (κ3) is 20.4. The van der Waals surface area contributed by atoms with Crippen molar-refractivity contribution in [2.45, 2.75) is 50.3 Å². The predicted molar refractivity (Wildman–Crippen MR) is 289 cm³/mol. The van der Waals surface area contributed by atoms with Gasteiger partial charge in [-0.25, -0.2) is 17.9 Å². The van der Waals surface area contributed by atoms with E-state index < -0.39 is 67.7 Å². The summed E-state index contributed by atoms with van der Waals surface area (Å²) in [6.07, 6.45) is 0.108. The molecular weight excluding hydrogens is 1170 g/mol. The average Bonchev–Trinajstić information content (AvgIpc) is 4.39. The Morgan fingerprint density at radius 1 is 0.833 bits per heavy atom. The molecule has 3 saturated heterocycles. The summed E-state index contributed by atoms with van der Waals surface area (Å²) in [7, 11) is -4.46. The number of piperidine rings is 1. The summed E-state index contributed by atoms with van der Waals surface area (Å²) in [6.45, 7) is 7.27. The molecule has 4 atom stereocenters. The van der Waals surface area contributed by atoms with Gasteiger partial charge in [0, 0.05) is 56.1 Å². The van der Waals surface area contributed by atoms with E-state index in [4.69, 9.17) is 74.6 Å². The number of nitrogens with zero attached hydrogens (tertiary/aromatic N) is 10. The van der Waals surface area contributed by atoms with Crippen molar-refractivity contribution in [1.82, 2.24) is 34.4 Å². The van der Waals surface area contributed by atoms with Crippen molar-refractivity contribution < 1.29 is 99.4 Å². The van der Waals surface area contributed by atoms with Gasteiger partial charge in [-0.15, -0.1) is 0 Å². The lowest BCUT2D eigenvalue weighted by molar-refractivity contribution is -0.136. The highest BCUT2D eigenvalue weighted by Gasteiger charge is 2.49. The van der Waals surface area contributed by atoms with E-state index in [0.717, 1.165) is 12.8 Å². The molecule has 3 aliphatic heterocycles. The molecule has 34 heteroatoms. The van der Waals surface area contributed by atoms with Crippen LogP contribution in [0.4, 0.5) is 19.0 Å². The number of benzene rings is 1.